The number of unbranched alkanes of at least 4 members (excludes halogenated alkanes) is 1. The topological polar surface area (TPSA) is 120 Å². The summed E-state index contributed by atoms with van der Waals surface area (Å²) in [5.74, 6) is -0.349. The van der Waals surface area contributed by atoms with Gasteiger partial charge in [-0.15, -0.1) is 0 Å². The molecule has 3 N–H and O–H groups in total. The van der Waals surface area contributed by atoms with Crippen molar-refractivity contribution in [2.45, 2.75) is 26.3 Å². The molecule has 8 nitrogen and oxygen atoms in total. The van der Waals surface area contributed by atoms with Crippen molar-refractivity contribution in [1.29, 1.82) is 0 Å². The van der Waals surface area contributed by atoms with E-state index in [1.54, 1.807) is 0 Å². The molecule has 0 spiro atoms. The maximum Gasteiger partial charge on any atom is 0.309 e. The number of hydrogen-bond acceptors (Lipinski definition) is 7. The van der Waals surface area contributed by atoms with Crippen LogP contribution in [0.25, 0.3) is 10.3 Å². The van der Waals surface area contributed by atoms with Gasteiger partial charge in [0.25, 0.3) is 5.56 Å². The number of carbonyl (C=O) groups excluding carboxylic acids is 1. The summed E-state index contributed by atoms with van der Waals surface area (Å²) in [6.07, 6.45) is 1.26. The van der Waals surface area contributed by atoms with E-state index in [-0.39, 0.29) is 21.5 Å². The zero-order chi connectivity index (χ0) is 14.7. The van der Waals surface area contributed by atoms with Crippen molar-refractivity contribution >= 4 is 33.6 Å². The molecule has 2 aromatic rings. The molecule has 0 radical (unpaired) electrons. The lowest BCUT2D eigenvalue weighted by Gasteiger charge is -2.04. The summed E-state index contributed by atoms with van der Waals surface area (Å²) in [5, 5.41) is 0. The molecule has 0 saturated heterocycles. The van der Waals surface area contributed by atoms with E-state index in [2.05, 4.69) is 9.97 Å². The number of hydrogen-bond donors (Lipinski definition) is 2. The van der Waals surface area contributed by atoms with Crippen LogP contribution in [0.4, 0.5) is 5.95 Å². The molecule has 20 heavy (non-hydrogen) atoms. The summed E-state index contributed by atoms with van der Waals surface area (Å²) < 4.78 is 6.49. The number of thiazole rings is 1. The summed E-state index contributed by atoms with van der Waals surface area (Å²) >= 11 is 0.843. The predicted octanol–water partition coefficient (Wildman–Crippen LogP) is 0.0718. The Morgan fingerprint density at radius 3 is 2.90 bits per heavy atom. The second-order valence-corrected chi connectivity index (χ2v) is 5.13. The molecular formula is C11H14N4O4S. The number of fused-ring (bicyclic) bond motifs is 1. The van der Waals surface area contributed by atoms with Crippen LogP contribution in [0.1, 0.15) is 19.8 Å². The Labute approximate surface area is 117 Å². The van der Waals surface area contributed by atoms with Crippen LogP contribution in [0.3, 0.4) is 0 Å². The van der Waals surface area contributed by atoms with Gasteiger partial charge in [-0.1, -0.05) is 11.3 Å². The SMILES string of the molecule is CC(=O)OCCCCn1c(=O)sc2c(=O)[nH]c(N)nc21. The number of rotatable bonds is 5. The quantitative estimate of drug-likeness (QED) is 0.595. The Balaban J connectivity index is 2.14. The van der Waals surface area contributed by atoms with E-state index in [0.29, 0.717) is 31.6 Å². The molecule has 9 heteroatoms. The number of ether oxygens (including phenoxy) is 1. The molecule has 0 saturated carbocycles. The van der Waals surface area contributed by atoms with Crippen LogP contribution in [-0.4, -0.2) is 27.1 Å². The van der Waals surface area contributed by atoms with Gasteiger partial charge in [0, 0.05) is 13.5 Å². The van der Waals surface area contributed by atoms with Gasteiger partial charge in [0.1, 0.15) is 4.70 Å². The number of nitrogen functional groups attached to an aromatic ring is 1. The van der Waals surface area contributed by atoms with Gasteiger partial charge in [-0.05, 0) is 12.8 Å². The first kappa shape index (κ1) is 14.3. The van der Waals surface area contributed by atoms with Gasteiger partial charge < -0.3 is 10.5 Å². The van der Waals surface area contributed by atoms with Crippen LogP contribution >= 0.6 is 11.3 Å². The Bertz CT molecular complexity index is 745. The molecule has 0 bridgehead atoms. The number of aryl methyl sites for hydroxylation is 1. The lowest BCUT2D eigenvalue weighted by atomic mass is 10.3. The van der Waals surface area contributed by atoms with E-state index < -0.39 is 5.56 Å². The van der Waals surface area contributed by atoms with E-state index in [9.17, 15) is 14.4 Å². The average molecular weight is 298 g/mol. The van der Waals surface area contributed by atoms with E-state index >= 15 is 0 Å². The van der Waals surface area contributed by atoms with E-state index in [4.69, 9.17) is 10.5 Å². The van der Waals surface area contributed by atoms with Gasteiger partial charge in [0.15, 0.2) is 5.65 Å². The Morgan fingerprint density at radius 1 is 1.45 bits per heavy atom. The average Bonchev–Trinajstić information content (AvgIpc) is 2.66. The van der Waals surface area contributed by atoms with Gasteiger partial charge in [-0.3, -0.25) is 23.9 Å². The number of H-pyrrole nitrogens is 1. The zero-order valence-electron chi connectivity index (χ0n) is 10.8. The molecule has 2 aromatic heterocycles. The standard InChI is InChI=1S/C11H14N4O4S/c1-6(16)19-5-3-2-4-15-8-7(20-11(15)18)9(17)14-10(12)13-8/h2-5H2,1H3,(H3,12,13,14,17). The maximum absolute atomic E-state index is 11.8. The summed E-state index contributed by atoms with van der Waals surface area (Å²) in [5.41, 5.74) is 5.37. The molecule has 2 heterocycles. The largest absolute Gasteiger partial charge is 0.466 e. The third-order valence-corrected chi connectivity index (χ3v) is 3.59. The number of nitrogens with one attached hydrogen (secondary N) is 1. The predicted molar refractivity (Wildman–Crippen MR) is 74.8 cm³/mol. The highest BCUT2D eigenvalue weighted by Crippen LogP contribution is 2.11. The van der Waals surface area contributed by atoms with Crippen molar-refractivity contribution in [3.05, 3.63) is 20.0 Å². The zero-order valence-corrected chi connectivity index (χ0v) is 11.7. The highest BCUT2D eigenvalue weighted by atomic mass is 32.1. The fraction of sp³-hybridized carbons (Fsp3) is 0.455. The van der Waals surface area contributed by atoms with Crippen LogP contribution in [0, 0.1) is 0 Å². The van der Waals surface area contributed by atoms with E-state index in [1.165, 1.54) is 11.5 Å². The van der Waals surface area contributed by atoms with Crippen LogP contribution in [0.15, 0.2) is 9.59 Å². The minimum Gasteiger partial charge on any atom is -0.466 e. The lowest BCUT2D eigenvalue weighted by molar-refractivity contribution is -0.141. The molecule has 0 aliphatic heterocycles. The molecule has 2 rings (SSSR count). The summed E-state index contributed by atoms with van der Waals surface area (Å²) in [7, 11) is 0. The number of nitrogens with zero attached hydrogens (tertiary/aromatic N) is 2. The van der Waals surface area contributed by atoms with Crippen LogP contribution in [-0.2, 0) is 16.1 Å². The molecule has 0 amide bonds. The van der Waals surface area contributed by atoms with Crippen LogP contribution in [0.5, 0.6) is 0 Å². The van der Waals surface area contributed by atoms with Crippen LogP contribution < -0.4 is 16.2 Å². The minimum absolute atomic E-state index is 0.0195. The van der Waals surface area contributed by atoms with Crippen molar-refractivity contribution < 1.29 is 9.53 Å². The van der Waals surface area contributed by atoms with E-state index in [0.717, 1.165) is 11.3 Å². The van der Waals surface area contributed by atoms with Gasteiger partial charge in [-0.2, -0.15) is 4.98 Å². The third-order valence-electron chi connectivity index (χ3n) is 2.62. The first-order valence-corrected chi connectivity index (χ1v) is 6.83. The van der Waals surface area contributed by atoms with Crippen molar-refractivity contribution in [2.24, 2.45) is 0 Å². The van der Waals surface area contributed by atoms with Gasteiger partial charge >= 0.3 is 10.8 Å². The van der Waals surface area contributed by atoms with Gasteiger partial charge in [0.2, 0.25) is 5.95 Å². The second-order valence-electron chi connectivity index (χ2n) is 4.17. The summed E-state index contributed by atoms with van der Waals surface area (Å²) in [6.45, 7) is 2.05. The number of aromatic nitrogens is 3. The van der Waals surface area contributed by atoms with Gasteiger partial charge in [-0.25, -0.2) is 0 Å². The molecule has 108 valence electrons. The number of carbonyl (C=O) groups is 1. The van der Waals surface area contributed by atoms with Crippen molar-refractivity contribution in [1.82, 2.24) is 14.5 Å². The first-order chi connectivity index (χ1) is 9.49. The van der Waals surface area contributed by atoms with Gasteiger partial charge in [0.05, 0.1) is 6.61 Å². The first-order valence-electron chi connectivity index (χ1n) is 6.01. The monoisotopic (exact) mass is 298 g/mol. The molecule has 0 atom stereocenters. The Morgan fingerprint density at radius 2 is 2.20 bits per heavy atom. The number of esters is 1. The lowest BCUT2D eigenvalue weighted by Crippen LogP contribution is -2.16. The Hall–Kier alpha value is -2.16. The maximum atomic E-state index is 11.8. The Kier molecular flexibility index (Phi) is 4.18. The highest BCUT2D eigenvalue weighted by Gasteiger charge is 2.12. The van der Waals surface area contributed by atoms with Crippen molar-refractivity contribution in [3.8, 4) is 0 Å². The second kappa shape index (κ2) is 5.87. The van der Waals surface area contributed by atoms with Crippen molar-refractivity contribution in [3.63, 3.8) is 0 Å². The molecular weight excluding hydrogens is 284 g/mol. The molecule has 0 unspecified atom stereocenters. The summed E-state index contributed by atoms with van der Waals surface area (Å²) in [6, 6.07) is 0. The number of anilines is 1. The van der Waals surface area contributed by atoms with E-state index in [1.807, 2.05) is 0 Å². The molecule has 0 aliphatic rings. The van der Waals surface area contributed by atoms with Crippen molar-refractivity contribution in [2.75, 3.05) is 12.3 Å². The number of nitrogens with two attached hydrogens (primary N) is 1. The summed E-state index contributed by atoms with van der Waals surface area (Å²) in [4.78, 5) is 40.2. The smallest absolute Gasteiger partial charge is 0.309 e. The fourth-order valence-electron chi connectivity index (χ4n) is 1.76. The number of aromatic amines is 1. The highest BCUT2D eigenvalue weighted by molar-refractivity contribution is 7.16. The molecule has 0 aliphatic carbocycles. The molecule has 0 fully saturated rings. The molecule has 0 aromatic carbocycles. The third kappa shape index (κ3) is 3.05. The fourth-order valence-corrected chi connectivity index (χ4v) is 2.61. The minimum atomic E-state index is -0.409. The normalized spacial score (nSPS) is 10.8. The van der Waals surface area contributed by atoms with Crippen LogP contribution in [0.2, 0.25) is 0 Å².